The first kappa shape index (κ1) is 22.5. The molecule has 1 amide bonds. The topological polar surface area (TPSA) is 82.5 Å². The Bertz CT molecular complexity index is 1250. The Morgan fingerprint density at radius 2 is 1.79 bits per heavy atom. The number of piperazine rings is 1. The summed E-state index contributed by atoms with van der Waals surface area (Å²) in [5.41, 5.74) is 2.01. The molecule has 3 heterocycles. The molecule has 2 aromatic carbocycles. The van der Waals surface area contributed by atoms with Gasteiger partial charge in [-0.25, -0.2) is 9.55 Å². The molecule has 0 radical (unpaired) electrons. The number of hydrogen-bond donors (Lipinski definition) is 2. The van der Waals surface area contributed by atoms with Gasteiger partial charge in [0.25, 0.3) is 5.91 Å². The summed E-state index contributed by atoms with van der Waals surface area (Å²) >= 11 is 5.33. The van der Waals surface area contributed by atoms with E-state index >= 15 is 0 Å². The van der Waals surface area contributed by atoms with Gasteiger partial charge in [0.2, 0.25) is 10.7 Å². The van der Waals surface area contributed by atoms with Gasteiger partial charge in [0.05, 0.1) is 5.52 Å². The molecule has 1 aromatic heterocycles. The molecule has 1 unspecified atom stereocenters. The molecule has 1 saturated heterocycles. The highest BCUT2D eigenvalue weighted by molar-refractivity contribution is 7.71. The minimum atomic E-state index is -0.480. The van der Waals surface area contributed by atoms with E-state index in [1.165, 1.54) is 10.3 Å². The Labute approximate surface area is 203 Å². The van der Waals surface area contributed by atoms with Crippen molar-refractivity contribution in [2.24, 2.45) is 0 Å². The van der Waals surface area contributed by atoms with Crippen LogP contribution in [0.2, 0.25) is 0 Å². The molecular formula is C25H28N6O2S. The van der Waals surface area contributed by atoms with Crippen molar-refractivity contribution in [3.63, 3.8) is 0 Å². The molecule has 2 aliphatic heterocycles. The number of nitrogens with zero attached hydrogens (tertiary/aromatic N) is 4. The first-order valence-electron chi connectivity index (χ1n) is 11.7. The number of benzene rings is 2. The Morgan fingerprint density at radius 3 is 2.59 bits per heavy atom. The SMILES string of the molecule is O=C(CCC1Nc2c3ccccc3nc(=S)n2C1=O)NCCN1CCN(c2ccccc2)CC1. The maximum atomic E-state index is 12.9. The average molecular weight is 477 g/mol. The molecule has 0 spiro atoms. The highest BCUT2D eigenvalue weighted by atomic mass is 32.1. The van der Waals surface area contributed by atoms with Gasteiger partial charge >= 0.3 is 0 Å². The summed E-state index contributed by atoms with van der Waals surface area (Å²) in [5.74, 6) is 0.475. The van der Waals surface area contributed by atoms with Crippen LogP contribution >= 0.6 is 12.2 Å². The van der Waals surface area contributed by atoms with Crippen molar-refractivity contribution in [1.82, 2.24) is 19.8 Å². The van der Waals surface area contributed by atoms with Crippen LogP contribution in [0.3, 0.4) is 0 Å². The lowest BCUT2D eigenvalue weighted by atomic mass is 10.1. The quantitative estimate of drug-likeness (QED) is 0.508. The van der Waals surface area contributed by atoms with Gasteiger partial charge in [0.15, 0.2) is 0 Å². The molecule has 0 bridgehead atoms. The predicted octanol–water partition coefficient (Wildman–Crippen LogP) is 2.92. The summed E-state index contributed by atoms with van der Waals surface area (Å²) < 4.78 is 1.69. The second-order valence-electron chi connectivity index (χ2n) is 8.68. The second-order valence-corrected chi connectivity index (χ2v) is 9.05. The molecule has 176 valence electrons. The Hall–Kier alpha value is -3.30. The van der Waals surface area contributed by atoms with Crippen LogP contribution in [0.1, 0.15) is 17.6 Å². The largest absolute Gasteiger partial charge is 0.369 e. The number of aromatic nitrogens is 2. The lowest BCUT2D eigenvalue weighted by Crippen LogP contribution is -2.48. The molecule has 8 nitrogen and oxygen atoms in total. The van der Waals surface area contributed by atoms with Crippen LogP contribution in [0.5, 0.6) is 0 Å². The van der Waals surface area contributed by atoms with Gasteiger partial charge in [-0.1, -0.05) is 30.3 Å². The fourth-order valence-electron chi connectivity index (χ4n) is 4.65. The summed E-state index contributed by atoms with van der Waals surface area (Å²) in [5, 5.41) is 7.11. The summed E-state index contributed by atoms with van der Waals surface area (Å²) in [6.45, 7) is 5.36. The zero-order chi connectivity index (χ0) is 23.5. The second kappa shape index (κ2) is 9.90. The van der Waals surface area contributed by atoms with Crippen LogP contribution in [0, 0.1) is 4.77 Å². The van der Waals surface area contributed by atoms with Crippen molar-refractivity contribution in [2.45, 2.75) is 18.9 Å². The summed E-state index contributed by atoms with van der Waals surface area (Å²) in [4.78, 5) is 34.4. The molecular weight excluding hydrogens is 448 g/mol. The predicted molar refractivity (Wildman–Crippen MR) is 136 cm³/mol. The highest BCUT2D eigenvalue weighted by Gasteiger charge is 2.32. The minimum absolute atomic E-state index is 0.0416. The van der Waals surface area contributed by atoms with Crippen LogP contribution in [0.25, 0.3) is 10.9 Å². The molecule has 2 aliphatic rings. The lowest BCUT2D eigenvalue weighted by Gasteiger charge is -2.36. The van der Waals surface area contributed by atoms with Gasteiger partial charge < -0.3 is 15.5 Å². The van der Waals surface area contributed by atoms with Crippen LogP contribution in [0.4, 0.5) is 11.5 Å². The van der Waals surface area contributed by atoms with Gasteiger partial charge in [-0.15, -0.1) is 0 Å². The lowest BCUT2D eigenvalue weighted by molar-refractivity contribution is -0.121. The molecule has 0 saturated carbocycles. The number of anilines is 2. The van der Waals surface area contributed by atoms with Gasteiger partial charge in [-0.3, -0.25) is 14.5 Å². The van der Waals surface area contributed by atoms with Gasteiger partial charge in [-0.05, 0) is 42.9 Å². The van der Waals surface area contributed by atoms with Crippen molar-refractivity contribution >= 4 is 46.4 Å². The van der Waals surface area contributed by atoms with Crippen LogP contribution in [-0.4, -0.2) is 71.6 Å². The van der Waals surface area contributed by atoms with Crippen molar-refractivity contribution in [3.05, 3.63) is 59.4 Å². The Balaban J connectivity index is 1.07. The van der Waals surface area contributed by atoms with E-state index < -0.39 is 6.04 Å². The smallest absolute Gasteiger partial charge is 0.257 e. The number of nitrogens with one attached hydrogen (secondary N) is 2. The number of carbonyl (C=O) groups excluding carboxylic acids is 2. The third-order valence-corrected chi connectivity index (χ3v) is 6.80. The molecule has 1 fully saturated rings. The fraction of sp³-hybridized carbons (Fsp3) is 0.360. The van der Waals surface area contributed by atoms with E-state index in [1.54, 1.807) is 0 Å². The first-order valence-corrected chi connectivity index (χ1v) is 12.1. The van der Waals surface area contributed by atoms with E-state index in [4.69, 9.17) is 12.2 Å². The number of fused-ring (bicyclic) bond motifs is 3. The molecule has 1 atom stereocenters. The number of rotatable bonds is 7. The molecule has 2 N–H and O–H groups in total. The van der Waals surface area contributed by atoms with Crippen LogP contribution < -0.4 is 15.5 Å². The molecule has 5 rings (SSSR count). The maximum absolute atomic E-state index is 12.9. The van der Waals surface area contributed by atoms with Crippen molar-refractivity contribution < 1.29 is 9.59 Å². The molecule has 0 aliphatic carbocycles. The molecule has 9 heteroatoms. The highest BCUT2D eigenvalue weighted by Crippen LogP contribution is 2.29. The summed E-state index contributed by atoms with van der Waals surface area (Å²) in [6, 6.07) is 17.6. The standard InChI is InChI=1S/C25H28N6O2S/c32-22(26-12-13-29-14-16-30(17-15-29)18-6-2-1-3-7-18)11-10-21-24(33)31-23(27-21)19-8-4-5-9-20(19)28-25(31)34/h1-9,21,27H,10-17H2,(H,26,32). The van der Waals surface area contributed by atoms with Gasteiger partial charge in [0.1, 0.15) is 11.9 Å². The number of carbonyl (C=O) groups is 2. The van der Waals surface area contributed by atoms with E-state index in [0.717, 1.165) is 43.6 Å². The minimum Gasteiger partial charge on any atom is -0.369 e. The van der Waals surface area contributed by atoms with Crippen LogP contribution in [-0.2, 0) is 4.79 Å². The van der Waals surface area contributed by atoms with E-state index in [9.17, 15) is 9.59 Å². The van der Waals surface area contributed by atoms with Gasteiger partial charge in [0, 0.05) is 56.8 Å². The Morgan fingerprint density at radius 1 is 1.06 bits per heavy atom. The number of para-hydroxylation sites is 2. The third kappa shape index (κ3) is 4.67. The number of hydrogen-bond acceptors (Lipinski definition) is 7. The zero-order valence-electron chi connectivity index (χ0n) is 18.9. The fourth-order valence-corrected chi connectivity index (χ4v) is 4.93. The van der Waals surface area contributed by atoms with E-state index in [2.05, 4.69) is 49.7 Å². The normalized spacial score (nSPS) is 18.1. The monoisotopic (exact) mass is 476 g/mol. The van der Waals surface area contributed by atoms with Crippen molar-refractivity contribution in [2.75, 3.05) is 49.5 Å². The van der Waals surface area contributed by atoms with Crippen molar-refractivity contribution in [3.8, 4) is 0 Å². The van der Waals surface area contributed by atoms with E-state index in [0.29, 0.717) is 18.8 Å². The zero-order valence-corrected chi connectivity index (χ0v) is 19.8. The Kier molecular flexibility index (Phi) is 6.55. The van der Waals surface area contributed by atoms with Crippen LogP contribution in [0.15, 0.2) is 54.6 Å². The molecule has 3 aromatic rings. The average Bonchev–Trinajstić information content (AvgIpc) is 3.21. The number of amides is 1. The maximum Gasteiger partial charge on any atom is 0.257 e. The summed E-state index contributed by atoms with van der Waals surface area (Å²) in [6.07, 6.45) is 0.684. The first-order chi connectivity index (χ1) is 16.6. The summed E-state index contributed by atoms with van der Waals surface area (Å²) in [7, 11) is 0. The van der Waals surface area contributed by atoms with E-state index in [-0.39, 0.29) is 23.0 Å². The van der Waals surface area contributed by atoms with E-state index in [1.807, 2.05) is 30.3 Å². The third-order valence-electron chi connectivity index (χ3n) is 6.52. The molecule has 34 heavy (non-hydrogen) atoms. The van der Waals surface area contributed by atoms with Gasteiger partial charge in [-0.2, -0.15) is 0 Å². The van der Waals surface area contributed by atoms with Crippen molar-refractivity contribution in [1.29, 1.82) is 0 Å².